The lowest BCUT2D eigenvalue weighted by molar-refractivity contribution is -0.118. The monoisotopic (exact) mass is 473 g/mol. The van der Waals surface area contributed by atoms with Gasteiger partial charge in [-0.25, -0.2) is 4.68 Å². The summed E-state index contributed by atoms with van der Waals surface area (Å²) in [5, 5.41) is 27.5. The average molecular weight is 473 g/mol. The van der Waals surface area contributed by atoms with Crippen molar-refractivity contribution in [1.82, 2.24) is 9.78 Å². The fraction of sp³-hybridized carbons (Fsp3) is 0.0435. The van der Waals surface area contributed by atoms with Crippen molar-refractivity contribution in [2.45, 2.75) is 6.54 Å². The van der Waals surface area contributed by atoms with E-state index >= 15 is 0 Å². The smallest absolute Gasteiger partial charge is 0.259 e. The Morgan fingerprint density at radius 2 is 1.74 bits per heavy atom. The molecule has 0 aliphatic rings. The largest absolute Gasteiger partial charge is 0.505 e. The number of para-hydroxylation sites is 1. The molecule has 4 rings (SSSR count). The third kappa shape index (κ3) is 4.68. The quantitative estimate of drug-likeness (QED) is 0.238. The third-order valence-corrected chi connectivity index (χ3v) is 5.19. The lowest BCUT2D eigenvalue weighted by Gasteiger charge is -2.11. The van der Waals surface area contributed by atoms with Gasteiger partial charge in [-0.3, -0.25) is 15.3 Å². The number of carbonyl (C=O) groups excluding carboxylic acids is 2. The minimum atomic E-state index is -0.633. The van der Waals surface area contributed by atoms with Gasteiger partial charge >= 0.3 is 0 Å². The van der Waals surface area contributed by atoms with Crippen molar-refractivity contribution >= 4 is 54.1 Å². The minimum Gasteiger partial charge on any atom is -0.505 e. The van der Waals surface area contributed by atoms with Crippen LogP contribution in [0.15, 0.2) is 77.1 Å². The first-order chi connectivity index (χ1) is 16.3. The van der Waals surface area contributed by atoms with E-state index in [1.54, 1.807) is 54.6 Å². The summed E-state index contributed by atoms with van der Waals surface area (Å²) in [7, 11) is 3.23. The fourth-order valence-corrected chi connectivity index (χ4v) is 3.52. The van der Waals surface area contributed by atoms with Crippen LogP contribution in [0.1, 0.15) is 15.9 Å². The number of anilines is 1. The van der Waals surface area contributed by atoms with Gasteiger partial charge in [-0.15, -0.1) is 19.1 Å². The minimum absolute atomic E-state index is 0.0218. The van der Waals surface area contributed by atoms with Gasteiger partial charge in [0.2, 0.25) is 5.91 Å². The molecule has 0 aliphatic heterocycles. The highest BCUT2D eigenvalue weighted by Crippen LogP contribution is 2.40. The molecule has 0 unspecified atom stereocenters. The summed E-state index contributed by atoms with van der Waals surface area (Å²) in [6.45, 7) is -0.250. The van der Waals surface area contributed by atoms with E-state index < -0.39 is 11.8 Å². The van der Waals surface area contributed by atoms with Crippen LogP contribution in [-0.2, 0) is 11.3 Å². The first-order valence-corrected chi connectivity index (χ1v) is 10.6. The number of phenolic OH excluding ortho intramolecular Hbond substituents is 1. The highest BCUT2D eigenvalue weighted by atomic mass is 31.0. The molecule has 34 heavy (non-hydrogen) atoms. The SMILES string of the molecule is NC(=O)Cn1ncc(C(N)=P)c1/N=N/c1c(O)c(C(=O)Nc2ccccc2)cc2ccccc12. The number of benzene rings is 3. The number of aromatic nitrogens is 2. The molecule has 2 amide bonds. The summed E-state index contributed by atoms with van der Waals surface area (Å²) < 4.78 is 1.24. The maximum absolute atomic E-state index is 12.9. The number of rotatable bonds is 7. The van der Waals surface area contributed by atoms with Crippen molar-refractivity contribution in [2.24, 2.45) is 21.7 Å². The van der Waals surface area contributed by atoms with Crippen LogP contribution in [0.25, 0.3) is 10.8 Å². The molecular weight excluding hydrogens is 453 g/mol. The number of nitrogens with zero attached hydrogens (tertiary/aromatic N) is 4. The Bertz CT molecular complexity index is 1450. The summed E-state index contributed by atoms with van der Waals surface area (Å²) in [6.07, 6.45) is 1.40. The molecule has 0 atom stereocenters. The van der Waals surface area contributed by atoms with Gasteiger partial charge in [-0.2, -0.15) is 5.10 Å². The predicted octanol–water partition coefficient (Wildman–Crippen LogP) is 3.47. The summed E-state index contributed by atoms with van der Waals surface area (Å²) >= 11 is 0. The Morgan fingerprint density at radius 3 is 2.44 bits per heavy atom. The predicted molar refractivity (Wildman–Crippen MR) is 132 cm³/mol. The molecule has 1 aromatic heterocycles. The molecule has 0 bridgehead atoms. The zero-order valence-corrected chi connectivity index (χ0v) is 18.8. The number of nitrogens with one attached hydrogen (secondary N) is 1. The first kappa shape index (κ1) is 22.8. The second-order valence-corrected chi connectivity index (χ2v) is 7.82. The maximum Gasteiger partial charge on any atom is 0.259 e. The Kier molecular flexibility index (Phi) is 6.44. The summed E-state index contributed by atoms with van der Waals surface area (Å²) in [6, 6.07) is 17.6. The highest BCUT2D eigenvalue weighted by Gasteiger charge is 2.19. The molecule has 0 aliphatic carbocycles. The van der Waals surface area contributed by atoms with E-state index in [1.807, 2.05) is 6.07 Å². The number of amides is 2. The van der Waals surface area contributed by atoms with Gasteiger partial charge in [0.15, 0.2) is 11.6 Å². The highest BCUT2D eigenvalue weighted by molar-refractivity contribution is 7.21. The molecule has 1 heterocycles. The molecule has 4 aromatic rings. The normalized spacial score (nSPS) is 11.1. The van der Waals surface area contributed by atoms with Crippen LogP contribution in [0.4, 0.5) is 17.2 Å². The van der Waals surface area contributed by atoms with Gasteiger partial charge in [0.1, 0.15) is 12.2 Å². The van der Waals surface area contributed by atoms with E-state index in [9.17, 15) is 14.7 Å². The number of carbonyl (C=O) groups is 2. The third-order valence-electron chi connectivity index (χ3n) is 4.92. The summed E-state index contributed by atoms with van der Waals surface area (Å²) in [4.78, 5) is 24.4. The molecular formula is C23H20N7O3P. The van der Waals surface area contributed by atoms with Crippen LogP contribution < -0.4 is 16.8 Å². The number of primary amides is 1. The number of aromatic hydroxyl groups is 1. The van der Waals surface area contributed by atoms with Crippen LogP contribution in [0, 0.1) is 0 Å². The van der Waals surface area contributed by atoms with E-state index in [1.165, 1.54) is 10.9 Å². The van der Waals surface area contributed by atoms with E-state index in [2.05, 4.69) is 29.5 Å². The molecule has 11 heteroatoms. The molecule has 3 aromatic carbocycles. The van der Waals surface area contributed by atoms with E-state index in [0.29, 0.717) is 22.0 Å². The van der Waals surface area contributed by atoms with Crippen LogP contribution in [0.3, 0.4) is 0 Å². The zero-order chi connectivity index (χ0) is 24.2. The van der Waals surface area contributed by atoms with Crippen LogP contribution in [0.2, 0.25) is 0 Å². The second-order valence-electron chi connectivity index (χ2n) is 7.28. The molecule has 170 valence electrons. The maximum atomic E-state index is 12.9. The molecule has 0 radical (unpaired) electrons. The van der Waals surface area contributed by atoms with Crippen molar-refractivity contribution in [3.8, 4) is 5.75 Å². The lowest BCUT2D eigenvalue weighted by Crippen LogP contribution is -2.19. The molecule has 0 saturated carbocycles. The van der Waals surface area contributed by atoms with Gasteiger partial charge in [-0.05, 0) is 23.6 Å². The number of hydrogen-bond acceptors (Lipinski definition) is 6. The number of nitrogens with two attached hydrogens (primary N) is 2. The molecule has 0 spiro atoms. The average Bonchev–Trinajstić information content (AvgIpc) is 3.20. The molecule has 10 nitrogen and oxygen atoms in total. The summed E-state index contributed by atoms with van der Waals surface area (Å²) in [5.41, 5.74) is 12.4. The molecule has 0 saturated heterocycles. The van der Waals surface area contributed by atoms with Crippen molar-refractivity contribution in [2.75, 3.05) is 5.32 Å². The van der Waals surface area contributed by atoms with E-state index in [-0.39, 0.29) is 34.8 Å². The fourth-order valence-electron chi connectivity index (χ4n) is 3.35. The van der Waals surface area contributed by atoms with Crippen molar-refractivity contribution in [1.29, 1.82) is 0 Å². The van der Waals surface area contributed by atoms with Crippen LogP contribution in [0.5, 0.6) is 5.75 Å². The van der Waals surface area contributed by atoms with E-state index in [0.717, 1.165) is 0 Å². The second kappa shape index (κ2) is 9.62. The van der Waals surface area contributed by atoms with Crippen molar-refractivity contribution in [3.63, 3.8) is 0 Å². The number of hydrogen-bond donors (Lipinski definition) is 4. The van der Waals surface area contributed by atoms with Crippen molar-refractivity contribution in [3.05, 3.63) is 78.0 Å². The Labute approximate surface area is 196 Å². The Morgan fingerprint density at radius 1 is 1.03 bits per heavy atom. The standard InChI is InChI=1S/C23H20N7O3P/c24-18(31)12-30-22(17(11-26-30)21(25)34)29-28-19-15-9-5-4-6-13(15)10-16(20(19)32)23(33)27-14-7-2-1-3-8-14/h1-11,32,34H,12,25H2,(H2,24,31)(H,27,33)/b29-28+. The van der Waals surface area contributed by atoms with Crippen LogP contribution in [-0.4, -0.2) is 32.1 Å². The van der Waals surface area contributed by atoms with Gasteiger partial charge in [0.05, 0.1) is 17.3 Å². The Balaban J connectivity index is 1.82. The van der Waals surface area contributed by atoms with Gasteiger partial charge in [-0.1, -0.05) is 42.5 Å². The topological polar surface area (TPSA) is 161 Å². The van der Waals surface area contributed by atoms with Crippen LogP contribution >= 0.6 is 8.86 Å². The number of fused-ring (bicyclic) bond motifs is 1. The van der Waals surface area contributed by atoms with Gasteiger partial charge in [0, 0.05) is 16.5 Å². The number of azo groups is 1. The Hall–Kier alpha value is -4.40. The zero-order valence-electron chi connectivity index (χ0n) is 17.8. The van der Waals surface area contributed by atoms with Gasteiger partial charge in [0.25, 0.3) is 5.91 Å². The van der Waals surface area contributed by atoms with E-state index in [4.69, 9.17) is 11.5 Å². The van der Waals surface area contributed by atoms with Crippen molar-refractivity contribution < 1.29 is 14.7 Å². The molecule has 0 fully saturated rings. The summed E-state index contributed by atoms with van der Waals surface area (Å²) in [5.74, 6) is -1.35. The van der Waals surface area contributed by atoms with Gasteiger partial charge < -0.3 is 16.2 Å². The molecule has 6 N–H and O–H groups in total. The number of phenols is 1. The lowest BCUT2D eigenvalue weighted by atomic mass is 10.0. The first-order valence-electron chi connectivity index (χ1n) is 10.1.